The van der Waals surface area contributed by atoms with Crippen molar-refractivity contribution in [2.45, 2.75) is 112 Å². The maximum absolute atomic E-state index is 13.4. The first-order valence-corrected chi connectivity index (χ1v) is 26.7. The highest BCUT2D eigenvalue weighted by atomic mass is 32.2. The number of rotatable bonds is 15. The molecule has 67 heavy (non-hydrogen) atoms. The van der Waals surface area contributed by atoms with Crippen molar-refractivity contribution in [1.29, 1.82) is 0 Å². The van der Waals surface area contributed by atoms with Gasteiger partial charge in [-0.25, -0.2) is 13.9 Å². The second-order valence-corrected chi connectivity index (χ2v) is 21.1. The molecule has 18 nitrogen and oxygen atoms in total. The Morgan fingerprint density at radius 1 is 0.597 bits per heavy atom. The lowest BCUT2D eigenvalue weighted by Gasteiger charge is -2.31. The molecule has 4 aromatic heterocycles. The molecule has 4 N–H and O–H groups in total. The third-order valence-electron chi connectivity index (χ3n) is 14.1. The first kappa shape index (κ1) is 46.9. The molecule has 4 aliphatic rings. The predicted molar refractivity (Wildman–Crippen MR) is 259 cm³/mol. The number of carbonyl (C=O) groups is 3. The van der Waals surface area contributed by atoms with Crippen molar-refractivity contribution in [2.75, 3.05) is 68.2 Å². The molecule has 9 rings (SSSR count). The van der Waals surface area contributed by atoms with E-state index < -0.39 is 0 Å². The number of hydrogen-bond acceptors (Lipinski definition) is 14. The molecule has 1 aromatic carbocycles. The standard InChI is InChI=1S/C46H62N15O3S3/c1-3-59-41(49-52-44(59)65-28-38(62)56-20-6-4-5-7-21-56)35-16-22-55(23-17-35)37-19-25-58(27-37)40(64)30-67-46-54-51-43(61(46)48)34-14-12-32(13-15-34)36-18-24-57(26-36)39(63)29-66-45-53-50-42(60(45)47)33-10-8-31(2)9-11-33/h8-11,16-17,22-23,32,34,36-37H,3-7,12-15,18-21,24-30,47-48H2,1-2H3/q+1. The molecular formula is C46H62N15O3S3+. The number of benzene rings is 1. The van der Waals surface area contributed by atoms with E-state index in [9.17, 15) is 14.4 Å². The minimum Gasteiger partial charge on any atom is -0.342 e. The summed E-state index contributed by atoms with van der Waals surface area (Å²) in [5.74, 6) is 17.5. The highest BCUT2D eigenvalue weighted by Gasteiger charge is 2.37. The van der Waals surface area contributed by atoms with Crippen LogP contribution in [0.15, 0.2) is 64.3 Å². The Bertz CT molecular complexity index is 2490. The highest BCUT2D eigenvalue weighted by Crippen LogP contribution is 2.41. The Morgan fingerprint density at radius 3 is 1.85 bits per heavy atom. The van der Waals surface area contributed by atoms with E-state index in [1.165, 1.54) is 52.8 Å². The fourth-order valence-corrected chi connectivity index (χ4v) is 12.5. The molecule has 5 aromatic rings. The zero-order chi connectivity index (χ0) is 46.4. The van der Waals surface area contributed by atoms with Crippen LogP contribution in [0.3, 0.4) is 0 Å². The topological polar surface area (TPSA) is 209 Å². The number of hydrogen-bond donors (Lipinski definition) is 2. The van der Waals surface area contributed by atoms with Crippen LogP contribution >= 0.6 is 35.3 Å². The average Bonchev–Trinajstić information content (AvgIpc) is 4.21. The molecular weight excluding hydrogens is 907 g/mol. The van der Waals surface area contributed by atoms with Crippen LogP contribution in [-0.2, 0) is 20.9 Å². The van der Waals surface area contributed by atoms with Gasteiger partial charge in [0.05, 0.1) is 23.8 Å². The van der Waals surface area contributed by atoms with Crippen molar-refractivity contribution in [3.63, 3.8) is 0 Å². The van der Waals surface area contributed by atoms with Crippen molar-refractivity contribution in [1.82, 2.24) is 59.2 Å². The lowest BCUT2D eigenvalue weighted by Crippen LogP contribution is -2.41. The summed E-state index contributed by atoms with van der Waals surface area (Å²) in [5, 5.41) is 28.2. The van der Waals surface area contributed by atoms with Gasteiger partial charge in [-0.3, -0.25) is 14.4 Å². The van der Waals surface area contributed by atoms with Crippen LogP contribution < -0.4 is 16.3 Å². The molecule has 1 saturated carbocycles. The zero-order valence-electron chi connectivity index (χ0n) is 38.5. The summed E-state index contributed by atoms with van der Waals surface area (Å²) >= 11 is 4.13. The molecule has 4 fully saturated rings. The van der Waals surface area contributed by atoms with Crippen LogP contribution in [-0.4, -0.2) is 133 Å². The van der Waals surface area contributed by atoms with Crippen LogP contribution in [0.4, 0.5) is 0 Å². The van der Waals surface area contributed by atoms with Gasteiger partial charge in [0.15, 0.2) is 41.1 Å². The van der Waals surface area contributed by atoms with Crippen molar-refractivity contribution in [3.05, 3.63) is 60.2 Å². The first-order chi connectivity index (χ1) is 32.6. The molecule has 21 heteroatoms. The molecule has 3 aliphatic heterocycles. The summed E-state index contributed by atoms with van der Waals surface area (Å²) in [6.45, 7) is 9.35. The summed E-state index contributed by atoms with van der Waals surface area (Å²) in [4.78, 5) is 45.5. The third-order valence-corrected chi connectivity index (χ3v) is 16.9. The van der Waals surface area contributed by atoms with Gasteiger partial charge in [0.1, 0.15) is 0 Å². The molecule has 2 unspecified atom stereocenters. The van der Waals surface area contributed by atoms with E-state index in [0.29, 0.717) is 53.4 Å². The number of aromatic nitrogens is 10. The Labute approximate surface area is 404 Å². The predicted octanol–water partition coefficient (Wildman–Crippen LogP) is 4.81. The monoisotopic (exact) mass is 968 g/mol. The van der Waals surface area contributed by atoms with Gasteiger partial charge in [0, 0.05) is 74.9 Å². The number of carbonyl (C=O) groups excluding carboxylic acids is 3. The summed E-state index contributed by atoms with van der Waals surface area (Å²) in [7, 11) is 0. The molecule has 3 saturated heterocycles. The van der Waals surface area contributed by atoms with Crippen LogP contribution in [0.25, 0.3) is 22.8 Å². The maximum atomic E-state index is 13.4. The second kappa shape index (κ2) is 21.4. The zero-order valence-corrected chi connectivity index (χ0v) is 40.9. The van der Waals surface area contributed by atoms with Crippen molar-refractivity contribution < 1.29 is 19.0 Å². The molecule has 2 atom stereocenters. The normalized spacial score (nSPS) is 21.3. The van der Waals surface area contributed by atoms with E-state index >= 15 is 0 Å². The van der Waals surface area contributed by atoms with E-state index in [-0.39, 0.29) is 41.2 Å². The first-order valence-electron chi connectivity index (χ1n) is 23.8. The molecule has 1 aliphatic carbocycles. The molecule has 0 bridgehead atoms. The van der Waals surface area contributed by atoms with Gasteiger partial charge in [0.25, 0.3) is 0 Å². The third kappa shape index (κ3) is 10.8. The van der Waals surface area contributed by atoms with Crippen LogP contribution in [0.2, 0.25) is 0 Å². The van der Waals surface area contributed by atoms with Crippen LogP contribution in [0.1, 0.15) is 94.5 Å². The summed E-state index contributed by atoms with van der Waals surface area (Å²) in [5.41, 5.74) is 3.00. The number of pyridine rings is 1. The van der Waals surface area contributed by atoms with Gasteiger partial charge < -0.3 is 31.0 Å². The molecule has 3 amide bonds. The van der Waals surface area contributed by atoms with E-state index in [2.05, 4.69) is 71.2 Å². The van der Waals surface area contributed by atoms with E-state index in [0.717, 1.165) is 111 Å². The lowest BCUT2D eigenvalue weighted by molar-refractivity contribution is -0.719. The van der Waals surface area contributed by atoms with Gasteiger partial charge in [-0.2, -0.15) is 0 Å². The van der Waals surface area contributed by atoms with Crippen molar-refractivity contribution >= 4 is 53.0 Å². The Kier molecular flexibility index (Phi) is 15.0. The summed E-state index contributed by atoms with van der Waals surface area (Å²) in [6.07, 6.45) is 14.6. The Hall–Kier alpha value is -5.15. The number of nitrogen functional groups attached to an aromatic ring is 2. The largest absolute Gasteiger partial charge is 0.342 e. The van der Waals surface area contributed by atoms with Gasteiger partial charge >= 0.3 is 0 Å². The maximum Gasteiger partial charge on any atom is 0.233 e. The van der Waals surface area contributed by atoms with E-state index in [1.807, 2.05) is 45.9 Å². The average molecular weight is 969 g/mol. The number of nitrogens with zero attached hydrogens (tertiary/aromatic N) is 13. The minimum absolute atomic E-state index is 0.0581. The van der Waals surface area contributed by atoms with Gasteiger partial charge in [-0.1, -0.05) is 78.0 Å². The molecule has 356 valence electrons. The summed E-state index contributed by atoms with van der Waals surface area (Å²) < 4.78 is 7.29. The molecule has 0 radical (unpaired) electrons. The fourth-order valence-electron chi connectivity index (χ4n) is 10.1. The summed E-state index contributed by atoms with van der Waals surface area (Å²) in [6, 6.07) is 12.2. The Balaban J connectivity index is 0.698. The van der Waals surface area contributed by atoms with Crippen LogP contribution in [0, 0.1) is 18.8 Å². The number of thioether (sulfide) groups is 3. The minimum atomic E-state index is 0.0581. The molecule has 0 spiro atoms. The molecule has 7 heterocycles. The smallest absolute Gasteiger partial charge is 0.233 e. The van der Waals surface area contributed by atoms with Gasteiger partial charge in [-0.15, -0.1) is 30.6 Å². The quantitative estimate of drug-likeness (QED) is 0.0820. The number of amides is 3. The number of likely N-dealkylation sites (tertiary alicyclic amines) is 3. The van der Waals surface area contributed by atoms with Crippen molar-refractivity contribution in [2.24, 2.45) is 11.8 Å². The SMILES string of the molecule is CCn1c(SCC(=O)N2CCCCCC2)nnc1-c1cc[n+](C2CCN(C(=O)CSc3nnc(C4CCC(C5CCN(C(=O)CSc6nnc(-c7ccc(C)cc7)n6N)C5)CC4)n3N)C2)cc1. The number of aryl methyl sites for hydroxylation is 1. The fraction of sp³-hybridized carbons (Fsp3) is 0.565. The van der Waals surface area contributed by atoms with Crippen LogP contribution in [0.5, 0.6) is 0 Å². The highest BCUT2D eigenvalue weighted by molar-refractivity contribution is 8.00. The Morgan fingerprint density at radius 2 is 1.16 bits per heavy atom. The van der Waals surface area contributed by atoms with Gasteiger partial charge in [0.2, 0.25) is 28.0 Å². The van der Waals surface area contributed by atoms with Crippen molar-refractivity contribution in [3.8, 4) is 22.8 Å². The van der Waals surface area contributed by atoms with Gasteiger partial charge in [-0.05, 0) is 70.6 Å². The van der Waals surface area contributed by atoms with E-state index in [1.54, 1.807) is 4.68 Å². The number of nitrogens with two attached hydrogens (primary N) is 2. The second-order valence-electron chi connectivity index (χ2n) is 18.3. The lowest BCUT2D eigenvalue weighted by atomic mass is 9.75. The van der Waals surface area contributed by atoms with E-state index in [4.69, 9.17) is 11.7 Å².